The summed E-state index contributed by atoms with van der Waals surface area (Å²) < 4.78 is 30.6. The lowest BCUT2D eigenvalue weighted by Gasteiger charge is -2.30. The Kier molecular flexibility index (Phi) is 5.13. The van der Waals surface area contributed by atoms with E-state index in [9.17, 15) is 13.2 Å². The quantitative estimate of drug-likeness (QED) is 0.733. The SMILES string of the molecule is CC(C)n1cnc(S(=O)(=O)N2CCC(Cn3nc(C4CC4)ccc3=O)CC2)c1. The van der Waals surface area contributed by atoms with Gasteiger partial charge in [0.25, 0.3) is 15.6 Å². The summed E-state index contributed by atoms with van der Waals surface area (Å²) in [7, 11) is -3.57. The average Bonchev–Trinajstić information content (AvgIpc) is 3.38. The first-order chi connectivity index (χ1) is 13.3. The second kappa shape index (κ2) is 7.44. The van der Waals surface area contributed by atoms with Crippen LogP contribution in [0.4, 0.5) is 0 Å². The van der Waals surface area contributed by atoms with Crippen molar-refractivity contribution in [3.8, 4) is 0 Å². The Morgan fingerprint density at radius 2 is 1.86 bits per heavy atom. The van der Waals surface area contributed by atoms with Crippen LogP contribution < -0.4 is 5.56 Å². The second-order valence-electron chi connectivity index (χ2n) is 8.15. The van der Waals surface area contributed by atoms with Gasteiger partial charge in [-0.1, -0.05) is 0 Å². The highest BCUT2D eigenvalue weighted by atomic mass is 32.2. The van der Waals surface area contributed by atoms with Crippen molar-refractivity contribution < 1.29 is 8.42 Å². The molecule has 2 aliphatic rings. The summed E-state index contributed by atoms with van der Waals surface area (Å²) in [6.45, 7) is 5.40. The van der Waals surface area contributed by atoms with Crippen molar-refractivity contribution in [1.82, 2.24) is 23.6 Å². The number of rotatable bonds is 6. The van der Waals surface area contributed by atoms with Crippen LogP contribution in [0.15, 0.2) is 34.5 Å². The van der Waals surface area contributed by atoms with Gasteiger partial charge in [-0.3, -0.25) is 4.79 Å². The van der Waals surface area contributed by atoms with Gasteiger partial charge in [0.2, 0.25) is 0 Å². The summed E-state index contributed by atoms with van der Waals surface area (Å²) in [5, 5.41) is 4.63. The van der Waals surface area contributed by atoms with Gasteiger partial charge < -0.3 is 4.57 Å². The lowest BCUT2D eigenvalue weighted by atomic mass is 9.98. The van der Waals surface area contributed by atoms with E-state index in [1.807, 2.05) is 19.9 Å². The molecule has 0 spiro atoms. The highest BCUT2D eigenvalue weighted by Gasteiger charge is 2.32. The third kappa shape index (κ3) is 3.91. The van der Waals surface area contributed by atoms with Crippen LogP contribution in [-0.4, -0.2) is 45.1 Å². The van der Waals surface area contributed by atoms with Crippen molar-refractivity contribution >= 4 is 10.0 Å². The third-order valence-corrected chi connectivity index (χ3v) is 7.45. The third-order valence-electron chi connectivity index (χ3n) is 5.67. The van der Waals surface area contributed by atoms with Crippen LogP contribution in [0.5, 0.6) is 0 Å². The van der Waals surface area contributed by atoms with E-state index < -0.39 is 10.0 Å². The lowest BCUT2D eigenvalue weighted by molar-refractivity contribution is 0.243. The summed E-state index contributed by atoms with van der Waals surface area (Å²) in [4.78, 5) is 16.2. The van der Waals surface area contributed by atoms with E-state index >= 15 is 0 Å². The maximum atomic E-state index is 12.9. The molecule has 0 atom stereocenters. The van der Waals surface area contributed by atoms with Gasteiger partial charge >= 0.3 is 0 Å². The zero-order valence-electron chi connectivity index (χ0n) is 16.4. The molecule has 2 fully saturated rings. The average molecular weight is 406 g/mol. The van der Waals surface area contributed by atoms with Crippen molar-refractivity contribution in [2.45, 2.75) is 63.1 Å². The molecule has 8 nitrogen and oxygen atoms in total. The van der Waals surface area contributed by atoms with E-state index in [4.69, 9.17) is 0 Å². The molecule has 0 bridgehead atoms. The Balaban J connectivity index is 1.40. The molecule has 2 aromatic rings. The van der Waals surface area contributed by atoms with E-state index in [1.165, 1.54) is 4.31 Å². The zero-order chi connectivity index (χ0) is 19.9. The molecular formula is C19H27N5O3S. The fourth-order valence-corrected chi connectivity index (χ4v) is 5.03. The van der Waals surface area contributed by atoms with Crippen LogP contribution >= 0.6 is 0 Å². The molecule has 0 N–H and O–H groups in total. The summed E-state index contributed by atoms with van der Waals surface area (Å²) in [6, 6.07) is 3.60. The van der Waals surface area contributed by atoms with Crippen molar-refractivity contribution in [2.75, 3.05) is 13.1 Å². The van der Waals surface area contributed by atoms with Crippen LogP contribution in [0.1, 0.15) is 57.2 Å². The van der Waals surface area contributed by atoms with Crippen molar-refractivity contribution in [2.24, 2.45) is 5.92 Å². The van der Waals surface area contributed by atoms with E-state index in [0.29, 0.717) is 38.4 Å². The predicted molar refractivity (Wildman–Crippen MR) is 105 cm³/mol. The molecule has 3 heterocycles. The van der Waals surface area contributed by atoms with Crippen molar-refractivity contribution in [3.05, 3.63) is 40.7 Å². The van der Waals surface area contributed by atoms with Crippen molar-refractivity contribution in [3.63, 3.8) is 0 Å². The smallest absolute Gasteiger partial charge is 0.266 e. The Morgan fingerprint density at radius 3 is 2.46 bits per heavy atom. The Labute approximate surface area is 165 Å². The molecular weight excluding hydrogens is 378 g/mol. The molecule has 152 valence electrons. The van der Waals surface area contributed by atoms with Gasteiger partial charge in [-0.15, -0.1) is 0 Å². The first-order valence-corrected chi connectivity index (χ1v) is 11.4. The number of piperidine rings is 1. The summed E-state index contributed by atoms with van der Waals surface area (Å²) in [5.41, 5.74) is 0.916. The van der Waals surface area contributed by atoms with Gasteiger partial charge in [-0.05, 0) is 51.5 Å². The van der Waals surface area contributed by atoms with Crippen LogP contribution in [0.25, 0.3) is 0 Å². The van der Waals surface area contributed by atoms with Crippen LogP contribution in [-0.2, 0) is 16.6 Å². The molecule has 0 radical (unpaired) electrons. The molecule has 0 aromatic carbocycles. The minimum atomic E-state index is -3.57. The molecule has 1 saturated carbocycles. The number of imidazole rings is 1. The lowest BCUT2D eigenvalue weighted by Crippen LogP contribution is -2.40. The van der Waals surface area contributed by atoms with E-state index in [2.05, 4.69) is 10.1 Å². The standard InChI is InChI=1S/C19H27N5O3S/c1-14(2)22-12-18(20-13-22)28(26,27)23-9-7-15(8-10-23)11-24-19(25)6-5-17(21-24)16-3-4-16/h5-6,12-16H,3-4,7-11H2,1-2H3. The minimum absolute atomic E-state index is 0.0846. The molecule has 9 heteroatoms. The first kappa shape index (κ1) is 19.3. The zero-order valence-corrected chi connectivity index (χ0v) is 17.2. The van der Waals surface area contributed by atoms with E-state index in [0.717, 1.165) is 18.5 Å². The molecule has 4 rings (SSSR count). The minimum Gasteiger partial charge on any atom is -0.334 e. The van der Waals surface area contributed by atoms with Gasteiger partial charge in [-0.2, -0.15) is 9.40 Å². The number of nitrogens with zero attached hydrogens (tertiary/aromatic N) is 5. The van der Waals surface area contributed by atoms with Gasteiger partial charge in [-0.25, -0.2) is 18.1 Å². The van der Waals surface area contributed by atoms with Crippen LogP contribution in [0.3, 0.4) is 0 Å². The number of sulfonamides is 1. The van der Waals surface area contributed by atoms with E-state index in [1.54, 1.807) is 27.8 Å². The molecule has 1 saturated heterocycles. The maximum Gasteiger partial charge on any atom is 0.266 e. The molecule has 0 amide bonds. The fraction of sp³-hybridized carbons (Fsp3) is 0.632. The number of hydrogen-bond donors (Lipinski definition) is 0. The van der Waals surface area contributed by atoms with Gasteiger partial charge in [0.05, 0.1) is 12.0 Å². The van der Waals surface area contributed by atoms with Crippen LogP contribution in [0.2, 0.25) is 0 Å². The molecule has 28 heavy (non-hydrogen) atoms. The van der Waals surface area contributed by atoms with Gasteiger partial charge in [0.1, 0.15) is 0 Å². The summed E-state index contributed by atoms with van der Waals surface area (Å²) in [6.07, 6.45) is 6.88. The van der Waals surface area contributed by atoms with E-state index in [-0.39, 0.29) is 22.5 Å². The number of hydrogen-bond acceptors (Lipinski definition) is 5. The monoisotopic (exact) mass is 405 g/mol. The van der Waals surface area contributed by atoms with Crippen LogP contribution in [0, 0.1) is 5.92 Å². The first-order valence-electron chi connectivity index (χ1n) is 9.96. The Hall–Kier alpha value is -2.00. The summed E-state index contributed by atoms with van der Waals surface area (Å²) >= 11 is 0. The van der Waals surface area contributed by atoms with Gasteiger partial charge in [0.15, 0.2) is 5.03 Å². The Morgan fingerprint density at radius 1 is 1.14 bits per heavy atom. The highest BCUT2D eigenvalue weighted by Crippen LogP contribution is 2.38. The van der Waals surface area contributed by atoms with Crippen molar-refractivity contribution in [1.29, 1.82) is 0 Å². The molecule has 1 aliphatic heterocycles. The van der Waals surface area contributed by atoms with Gasteiger partial charge in [0, 0.05) is 43.9 Å². The molecule has 0 unspecified atom stereocenters. The second-order valence-corrected chi connectivity index (χ2v) is 10.0. The number of aromatic nitrogens is 4. The molecule has 2 aromatic heterocycles. The summed E-state index contributed by atoms with van der Waals surface area (Å²) in [5.74, 6) is 0.754. The molecule has 1 aliphatic carbocycles. The largest absolute Gasteiger partial charge is 0.334 e. The fourth-order valence-electron chi connectivity index (χ4n) is 3.63. The predicted octanol–water partition coefficient (Wildman–Crippen LogP) is 2.00. The normalized spacial score (nSPS) is 19.4. The maximum absolute atomic E-state index is 12.9. The topological polar surface area (TPSA) is 90.1 Å². The Bertz CT molecular complexity index is 999. The highest BCUT2D eigenvalue weighted by molar-refractivity contribution is 7.89.